The van der Waals surface area contributed by atoms with E-state index in [9.17, 15) is 0 Å². The highest BCUT2D eigenvalue weighted by Crippen LogP contribution is 2.51. The molecule has 0 amide bonds. The Morgan fingerprint density at radius 3 is 2.41 bits per heavy atom. The van der Waals surface area contributed by atoms with Gasteiger partial charge in [0, 0.05) is 32.2 Å². The Bertz CT molecular complexity index is 912. The molecule has 2 aromatic rings. The zero-order chi connectivity index (χ0) is 22.6. The number of aryl methyl sites for hydroxylation is 1. The van der Waals surface area contributed by atoms with Crippen LogP contribution in [0.5, 0.6) is 5.75 Å². The van der Waals surface area contributed by atoms with Crippen LogP contribution in [0, 0.1) is 12.3 Å². The highest BCUT2D eigenvalue weighted by molar-refractivity contribution is 14.0. The topological polar surface area (TPSA) is 85.6 Å². The quantitative estimate of drug-likeness (QED) is 0.295. The summed E-state index contributed by atoms with van der Waals surface area (Å²) in [6.07, 6.45) is 1.82. The lowest BCUT2D eigenvalue weighted by molar-refractivity contribution is -0.176. The second kappa shape index (κ2) is 10.8. The summed E-state index contributed by atoms with van der Waals surface area (Å²) in [6.45, 7) is 9.81. The van der Waals surface area contributed by atoms with Gasteiger partial charge in [0.2, 0.25) is 0 Å². The molecule has 0 aliphatic heterocycles. The maximum atomic E-state index is 5.77. The van der Waals surface area contributed by atoms with Gasteiger partial charge in [-0.2, -0.15) is 0 Å². The Labute approximate surface area is 208 Å². The minimum Gasteiger partial charge on any atom is -0.497 e. The van der Waals surface area contributed by atoms with Crippen LogP contribution in [0.4, 0.5) is 0 Å². The molecular formula is C23H37IN6O2. The second-order valence-electron chi connectivity index (χ2n) is 8.97. The van der Waals surface area contributed by atoms with Crippen LogP contribution in [0.15, 0.2) is 29.3 Å². The molecule has 1 aliphatic carbocycles. The molecule has 2 unspecified atom stereocenters. The third kappa shape index (κ3) is 5.54. The fourth-order valence-corrected chi connectivity index (χ4v) is 3.90. The summed E-state index contributed by atoms with van der Waals surface area (Å²) in [5, 5.41) is 15.5. The molecule has 2 atom stereocenters. The van der Waals surface area contributed by atoms with E-state index in [1.807, 2.05) is 30.7 Å². The van der Waals surface area contributed by atoms with Crippen LogP contribution < -0.4 is 15.4 Å². The molecule has 32 heavy (non-hydrogen) atoms. The first kappa shape index (κ1) is 26.4. The molecule has 0 spiro atoms. The summed E-state index contributed by atoms with van der Waals surface area (Å²) >= 11 is 0. The molecule has 0 saturated heterocycles. The summed E-state index contributed by atoms with van der Waals surface area (Å²) in [5.41, 5.74) is 1.09. The van der Waals surface area contributed by atoms with Crippen molar-refractivity contribution in [3.8, 4) is 5.75 Å². The van der Waals surface area contributed by atoms with Gasteiger partial charge in [-0.1, -0.05) is 26.0 Å². The predicted molar refractivity (Wildman–Crippen MR) is 138 cm³/mol. The van der Waals surface area contributed by atoms with Crippen molar-refractivity contribution in [2.75, 3.05) is 20.8 Å². The Balaban J connectivity index is 0.00000363. The monoisotopic (exact) mass is 556 g/mol. The van der Waals surface area contributed by atoms with E-state index < -0.39 is 0 Å². The lowest BCUT2D eigenvalue weighted by Crippen LogP contribution is -2.69. The molecular weight excluding hydrogens is 519 g/mol. The number of hydrogen-bond donors (Lipinski definition) is 2. The smallest absolute Gasteiger partial charge is 0.191 e. The minimum atomic E-state index is -0.139. The van der Waals surface area contributed by atoms with Gasteiger partial charge in [-0.15, -0.1) is 34.2 Å². The van der Waals surface area contributed by atoms with Gasteiger partial charge in [0.05, 0.1) is 12.7 Å². The average molecular weight is 556 g/mol. The minimum absolute atomic E-state index is 0. The number of rotatable bonds is 8. The second-order valence-corrected chi connectivity index (χ2v) is 8.97. The lowest BCUT2D eigenvalue weighted by atomic mass is 9.56. The zero-order valence-corrected chi connectivity index (χ0v) is 22.6. The standard InChI is InChI=1S/C23H36N6O2.HI/c1-16-27-28-20(29(16)5)15-25-21(26-19-14-23(4,31-7)22(19,2)3)24-13-12-17-8-10-18(30-6)11-9-17;/h8-11,19H,12-15H2,1-7H3,(H2,24,25,26);1H. The average Bonchev–Trinajstić information content (AvgIpc) is 3.09. The molecule has 8 nitrogen and oxygen atoms in total. The number of aliphatic imine (C=N–C) groups is 1. The number of hydrogen-bond acceptors (Lipinski definition) is 5. The van der Waals surface area contributed by atoms with Crippen LogP contribution in [0.25, 0.3) is 0 Å². The Morgan fingerprint density at radius 1 is 1.19 bits per heavy atom. The number of halogens is 1. The van der Waals surface area contributed by atoms with E-state index in [-0.39, 0.29) is 41.0 Å². The predicted octanol–water partition coefficient (Wildman–Crippen LogP) is 3.23. The first-order valence-corrected chi connectivity index (χ1v) is 10.8. The van der Waals surface area contributed by atoms with Crippen molar-refractivity contribution in [3.63, 3.8) is 0 Å². The number of aromatic nitrogens is 3. The van der Waals surface area contributed by atoms with E-state index in [1.54, 1.807) is 14.2 Å². The van der Waals surface area contributed by atoms with Crippen molar-refractivity contribution in [1.29, 1.82) is 0 Å². The van der Waals surface area contributed by atoms with E-state index in [1.165, 1.54) is 5.56 Å². The zero-order valence-electron chi connectivity index (χ0n) is 20.2. The molecule has 1 saturated carbocycles. The number of methoxy groups -OCH3 is 2. The van der Waals surface area contributed by atoms with Gasteiger partial charge in [0.1, 0.15) is 18.1 Å². The molecule has 0 radical (unpaired) electrons. The Morgan fingerprint density at radius 2 is 1.88 bits per heavy atom. The summed E-state index contributed by atoms with van der Waals surface area (Å²) in [4.78, 5) is 4.80. The van der Waals surface area contributed by atoms with Crippen molar-refractivity contribution >= 4 is 29.9 Å². The first-order chi connectivity index (χ1) is 14.7. The molecule has 2 N–H and O–H groups in total. The number of nitrogens with one attached hydrogen (secondary N) is 2. The van der Waals surface area contributed by atoms with Crippen LogP contribution in [0.1, 0.15) is 44.4 Å². The van der Waals surface area contributed by atoms with Gasteiger partial charge >= 0.3 is 0 Å². The van der Waals surface area contributed by atoms with Crippen LogP contribution >= 0.6 is 24.0 Å². The molecule has 1 fully saturated rings. The van der Waals surface area contributed by atoms with Crippen molar-refractivity contribution < 1.29 is 9.47 Å². The first-order valence-electron chi connectivity index (χ1n) is 10.8. The summed E-state index contributed by atoms with van der Waals surface area (Å²) in [5.74, 6) is 3.37. The van der Waals surface area contributed by atoms with Crippen LogP contribution in [0.2, 0.25) is 0 Å². The van der Waals surface area contributed by atoms with Gasteiger partial charge in [-0.3, -0.25) is 0 Å². The van der Waals surface area contributed by atoms with E-state index in [4.69, 9.17) is 14.5 Å². The van der Waals surface area contributed by atoms with Gasteiger partial charge in [0.25, 0.3) is 0 Å². The van der Waals surface area contributed by atoms with Crippen LogP contribution in [-0.2, 0) is 24.8 Å². The maximum Gasteiger partial charge on any atom is 0.191 e. The highest BCUT2D eigenvalue weighted by atomic mass is 127. The summed E-state index contributed by atoms with van der Waals surface area (Å²) < 4.78 is 13.0. The molecule has 178 valence electrons. The molecule has 1 aromatic carbocycles. The van der Waals surface area contributed by atoms with E-state index >= 15 is 0 Å². The normalized spacial score (nSPS) is 22.0. The highest BCUT2D eigenvalue weighted by Gasteiger charge is 2.58. The van der Waals surface area contributed by atoms with Gasteiger partial charge in [-0.25, -0.2) is 4.99 Å². The van der Waals surface area contributed by atoms with Crippen molar-refractivity contribution in [3.05, 3.63) is 41.5 Å². The van der Waals surface area contributed by atoms with E-state index in [0.29, 0.717) is 6.54 Å². The largest absolute Gasteiger partial charge is 0.497 e. The summed E-state index contributed by atoms with van der Waals surface area (Å²) in [6, 6.07) is 8.42. The van der Waals surface area contributed by atoms with E-state index in [0.717, 1.165) is 42.7 Å². The molecule has 9 heteroatoms. The van der Waals surface area contributed by atoms with Gasteiger partial charge in [-0.05, 0) is 44.4 Å². The number of ether oxygens (including phenoxy) is 2. The van der Waals surface area contributed by atoms with Gasteiger partial charge in [0.15, 0.2) is 11.8 Å². The molecule has 1 aliphatic rings. The van der Waals surface area contributed by atoms with E-state index in [2.05, 4.69) is 53.7 Å². The lowest BCUT2D eigenvalue weighted by Gasteiger charge is -2.59. The fourth-order valence-electron chi connectivity index (χ4n) is 3.90. The maximum absolute atomic E-state index is 5.77. The van der Waals surface area contributed by atoms with Crippen LogP contribution in [0.3, 0.4) is 0 Å². The van der Waals surface area contributed by atoms with Crippen molar-refractivity contribution in [1.82, 2.24) is 25.4 Å². The molecule has 1 aromatic heterocycles. The number of nitrogens with zero attached hydrogens (tertiary/aromatic N) is 4. The van der Waals surface area contributed by atoms with Crippen molar-refractivity contribution in [2.45, 2.75) is 58.7 Å². The molecule has 3 rings (SSSR count). The number of benzene rings is 1. The van der Waals surface area contributed by atoms with Gasteiger partial charge < -0.3 is 24.7 Å². The Kier molecular flexibility index (Phi) is 8.92. The Hall–Kier alpha value is -1.88. The molecule has 0 bridgehead atoms. The fraction of sp³-hybridized carbons (Fsp3) is 0.609. The summed E-state index contributed by atoms with van der Waals surface area (Å²) in [7, 11) is 5.43. The third-order valence-electron chi connectivity index (χ3n) is 7.02. The number of guanidine groups is 1. The SMILES string of the molecule is COc1ccc(CCNC(=NCc2nnc(C)n2C)NC2CC(C)(OC)C2(C)C)cc1.I. The van der Waals surface area contributed by atoms with Crippen molar-refractivity contribution in [2.24, 2.45) is 17.5 Å². The third-order valence-corrected chi connectivity index (χ3v) is 7.02. The van der Waals surface area contributed by atoms with Crippen LogP contribution in [-0.4, -0.2) is 53.1 Å². The molecule has 1 heterocycles.